The van der Waals surface area contributed by atoms with Crippen molar-refractivity contribution in [2.24, 2.45) is 0 Å². The van der Waals surface area contributed by atoms with Crippen LogP contribution in [0, 0.1) is 12.7 Å². The standard InChI is InChI=1S/C24H23FN6O2.H2S/c1-14-20-21(31-12-2-3-19(31)23(33)29-20)30-24(27-14)26-13-15-4-10-18(11-5-15)28-22(32)16-6-8-17(25)9-7-16;/h4-11,19H,2-3,12-13H2,1H3,(H,28,32)(H,29,33)(H,26,27,30);1H2/t19-;/m0./s1. The average molecular weight is 481 g/mol. The van der Waals surface area contributed by atoms with Crippen LogP contribution >= 0.6 is 13.5 Å². The molecule has 2 amide bonds. The van der Waals surface area contributed by atoms with Crippen molar-refractivity contribution < 1.29 is 14.0 Å². The maximum atomic E-state index is 13.0. The Morgan fingerprint density at radius 1 is 1.15 bits per heavy atom. The van der Waals surface area contributed by atoms with Crippen LogP contribution in [0.25, 0.3) is 0 Å². The Morgan fingerprint density at radius 3 is 2.62 bits per heavy atom. The normalized spacial score (nSPS) is 16.1. The second kappa shape index (κ2) is 9.68. The molecule has 5 rings (SSSR count). The first kappa shape index (κ1) is 23.5. The van der Waals surface area contributed by atoms with Crippen LogP contribution in [0.4, 0.5) is 27.5 Å². The summed E-state index contributed by atoms with van der Waals surface area (Å²) in [5.74, 6) is 0.601. The molecule has 8 nitrogen and oxygen atoms in total. The molecule has 3 heterocycles. The number of carbonyl (C=O) groups is 2. The minimum absolute atomic E-state index is 0. The third kappa shape index (κ3) is 4.67. The fraction of sp³-hybridized carbons (Fsp3) is 0.250. The molecule has 2 aliphatic rings. The lowest BCUT2D eigenvalue weighted by molar-refractivity contribution is -0.117. The molecule has 2 aromatic carbocycles. The van der Waals surface area contributed by atoms with Gasteiger partial charge in [0.1, 0.15) is 17.5 Å². The zero-order chi connectivity index (χ0) is 22.9. The smallest absolute Gasteiger partial charge is 0.255 e. The lowest BCUT2D eigenvalue weighted by Gasteiger charge is -2.32. The van der Waals surface area contributed by atoms with Gasteiger partial charge in [-0.15, -0.1) is 0 Å². The number of benzene rings is 2. The Bertz CT molecular complexity index is 1220. The SMILES string of the molecule is Cc1nc(NCc2ccc(NC(=O)c3ccc(F)cc3)cc2)nc2c1NC(=O)[C@@H]1CCCN21.S. The summed E-state index contributed by atoms with van der Waals surface area (Å²) in [6, 6.07) is 12.7. The Labute approximate surface area is 203 Å². The molecule has 0 bridgehead atoms. The fourth-order valence-corrected chi connectivity index (χ4v) is 4.18. The molecule has 0 radical (unpaired) electrons. The predicted octanol–water partition coefficient (Wildman–Crippen LogP) is 3.82. The summed E-state index contributed by atoms with van der Waals surface area (Å²) in [4.78, 5) is 35.8. The van der Waals surface area contributed by atoms with Crippen molar-refractivity contribution in [2.45, 2.75) is 32.4 Å². The topological polar surface area (TPSA) is 99.2 Å². The van der Waals surface area contributed by atoms with Gasteiger partial charge in [-0.05, 0) is 61.7 Å². The molecular weight excluding hydrogens is 455 g/mol. The van der Waals surface area contributed by atoms with Gasteiger partial charge in [0.2, 0.25) is 11.9 Å². The first-order chi connectivity index (χ1) is 16.0. The molecule has 34 heavy (non-hydrogen) atoms. The molecule has 3 aromatic rings. The maximum absolute atomic E-state index is 13.0. The number of hydrogen-bond acceptors (Lipinski definition) is 6. The van der Waals surface area contributed by atoms with Crippen molar-refractivity contribution in [2.75, 3.05) is 27.4 Å². The first-order valence-corrected chi connectivity index (χ1v) is 10.8. The van der Waals surface area contributed by atoms with E-state index in [0.717, 1.165) is 36.5 Å². The summed E-state index contributed by atoms with van der Waals surface area (Å²) >= 11 is 0. The summed E-state index contributed by atoms with van der Waals surface area (Å²) in [6.07, 6.45) is 1.80. The molecule has 2 aliphatic heterocycles. The van der Waals surface area contributed by atoms with Crippen LogP contribution in [0.2, 0.25) is 0 Å². The predicted molar refractivity (Wildman–Crippen MR) is 134 cm³/mol. The minimum Gasteiger partial charge on any atom is -0.350 e. The van der Waals surface area contributed by atoms with Crippen molar-refractivity contribution in [1.29, 1.82) is 0 Å². The van der Waals surface area contributed by atoms with E-state index in [9.17, 15) is 14.0 Å². The van der Waals surface area contributed by atoms with Crippen LogP contribution in [0.5, 0.6) is 0 Å². The summed E-state index contributed by atoms with van der Waals surface area (Å²) in [7, 11) is 0. The number of aryl methyl sites for hydroxylation is 1. The molecule has 1 saturated heterocycles. The lowest BCUT2D eigenvalue weighted by atomic mass is 10.1. The number of carbonyl (C=O) groups excluding carboxylic acids is 2. The lowest BCUT2D eigenvalue weighted by Crippen LogP contribution is -2.44. The molecule has 0 unspecified atom stereocenters. The number of aromatic nitrogens is 2. The van der Waals surface area contributed by atoms with Gasteiger partial charge in [-0.3, -0.25) is 9.59 Å². The molecular formula is C24H25FN6O2S. The van der Waals surface area contributed by atoms with E-state index in [-0.39, 0.29) is 37.2 Å². The van der Waals surface area contributed by atoms with Crippen molar-refractivity contribution in [3.8, 4) is 0 Å². The second-order valence-corrected chi connectivity index (χ2v) is 8.18. The molecule has 0 saturated carbocycles. The van der Waals surface area contributed by atoms with E-state index in [0.29, 0.717) is 29.4 Å². The van der Waals surface area contributed by atoms with E-state index < -0.39 is 0 Å². The number of fused-ring (bicyclic) bond motifs is 3. The number of hydrogen-bond donors (Lipinski definition) is 3. The molecule has 1 aromatic heterocycles. The van der Waals surface area contributed by atoms with Crippen molar-refractivity contribution >= 4 is 48.5 Å². The molecule has 0 spiro atoms. The summed E-state index contributed by atoms with van der Waals surface area (Å²) in [5, 5.41) is 9.00. The highest BCUT2D eigenvalue weighted by atomic mass is 32.1. The van der Waals surface area contributed by atoms with Gasteiger partial charge in [0, 0.05) is 24.3 Å². The van der Waals surface area contributed by atoms with Gasteiger partial charge in [0.15, 0.2) is 5.82 Å². The zero-order valence-electron chi connectivity index (χ0n) is 18.6. The summed E-state index contributed by atoms with van der Waals surface area (Å²) in [6.45, 7) is 3.17. The van der Waals surface area contributed by atoms with Gasteiger partial charge in [-0.2, -0.15) is 18.5 Å². The molecule has 1 atom stereocenters. The number of amides is 2. The highest BCUT2D eigenvalue weighted by Gasteiger charge is 2.38. The van der Waals surface area contributed by atoms with Crippen LogP contribution < -0.4 is 20.9 Å². The van der Waals surface area contributed by atoms with Gasteiger partial charge < -0.3 is 20.9 Å². The van der Waals surface area contributed by atoms with E-state index in [1.807, 2.05) is 31.2 Å². The van der Waals surface area contributed by atoms with Gasteiger partial charge in [-0.1, -0.05) is 12.1 Å². The highest BCUT2D eigenvalue weighted by Crippen LogP contribution is 2.37. The molecule has 176 valence electrons. The van der Waals surface area contributed by atoms with Crippen molar-refractivity contribution in [3.63, 3.8) is 0 Å². The van der Waals surface area contributed by atoms with Crippen molar-refractivity contribution in [3.05, 3.63) is 71.2 Å². The number of nitrogens with one attached hydrogen (secondary N) is 3. The number of rotatable bonds is 5. The summed E-state index contributed by atoms with van der Waals surface area (Å²) in [5.41, 5.74) is 3.43. The fourth-order valence-electron chi connectivity index (χ4n) is 4.18. The third-order valence-electron chi connectivity index (χ3n) is 5.92. The maximum Gasteiger partial charge on any atom is 0.255 e. The van der Waals surface area contributed by atoms with E-state index in [1.165, 1.54) is 24.3 Å². The number of halogens is 1. The quantitative estimate of drug-likeness (QED) is 0.514. The number of anilines is 4. The molecule has 10 heteroatoms. The van der Waals surface area contributed by atoms with Gasteiger partial charge >= 0.3 is 0 Å². The van der Waals surface area contributed by atoms with Gasteiger partial charge in [0.05, 0.1) is 5.69 Å². The Hall–Kier alpha value is -3.66. The van der Waals surface area contributed by atoms with E-state index in [1.54, 1.807) is 0 Å². The van der Waals surface area contributed by atoms with Gasteiger partial charge in [0.25, 0.3) is 5.91 Å². The van der Waals surface area contributed by atoms with Crippen LogP contribution in [-0.2, 0) is 11.3 Å². The second-order valence-electron chi connectivity index (χ2n) is 8.18. The zero-order valence-corrected chi connectivity index (χ0v) is 19.6. The largest absolute Gasteiger partial charge is 0.350 e. The third-order valence-corrected chi connectivity index (χ3v) is 5.92. The number of nitrogens with zero attached hydrogens (tertiary/aromatic N) is 3. The molecule has 0 aliphatic carbocycles. The average Bonchev–Trinajstić information content (AvgIpc) is 3.31. The Morgan fingerprint density at radius 2 is 1.88 bits per heavy atom. The van der Waals surface area contributed by atoms with Crippen molar-refractivity contribution in [1.82, 2.24) is 9.97 Å². The van der Waals surface area contributed by atoms with Gasteiger partial charge in [-0.25, -0.2) is 9.37 Å². The van der Waals surface area contributed by atoms with Crippen LogP contribution in [-0.4, -0.2) is 34.4 Å². The van der Waals surface area contributed by atoms with E-state index in [4.69, 9.17) is 0 Å². The molecule has 1 fully saturated rings. The van der Waals surface area contributed by atoms with Crippen LogP contribution in [0.3, 0.4) is 0 Å². The minimum atomic E-state index is -0.383. The van der Waals surface area contributed by atoms with Crippen LogP contribution in [0.1, 0.15) is 34.5 Å². The highest BCUT2D eigenvalue weighted by molar-refractivity contribution is 7.59. The Balaban J connectivity index is 0.00000274. The van der Waals surface area contributed by atoms with E-state index >= 15 is 0 Å². The Kier molecular flexibility index (Phi) is 6.69. The molecule has 3 N–H and O–H groups in total. The van der Waals surface area contributed by atoms with Crippen LogP contribution in [0.15, 0.2) is 48.5 Å². The first-order valence-electron chi connectivity index (χ1n) is 10.8. The monoisotopic (exact) mass is 480 g/mol. The van der Waals surface area contributed by atoms with E-state index in [2.05, 4.69) is 30.8 Å². The summed E-state index contributed by atoms with van der Waals surface area (Å²) < 4.78 is 13.0.